The SMILES string of the molecule is CCC(CC(=O)O)c1cccc(OS(=O)(=O)C(F)(F)F)c1. The van der Waals surface area contributed by atoms with E-state index in [2.05, 4.69) is 4.18 Å². The molecule has 0 saturated heterocycles. The second kappa shape index (κ2) is 6.33. The van der Waals surface area contributed by atoms with Gasteiger partial charge in [0.2, 0.25) is 0 Å². The average Bonchev–Trinajstić information content (AvgIpc) is 2.34. The van der Waals surface area contributed by atoms with E-state index in [0.717, 1.165) is 12.1 Å². The highest BCUT2D eigenvalue weighted by molar-refractivity contribution is 7.87. The summed E-state index contributed by atoms with van der Waals surface area (Å²) in [6.07, 6.45) is 0.216. The van der Waals surface area contributed by atoms with E-state index in [1.165, 1.54) is 12.1 Å². The van der Waals surface area contributed by atoms with Gasteiger partial charge in [-0.25, -0.2) is 0 Å². The second-order valence-electron chi connectivity index (χ2n) is 4.26. The summed E-state index contributed by atoms with van der Waals surface area (Å²) in [6.45, 7) is 1.72. The summed E-state index contributed by atoms with van der Waals surface area (Å²) in [7, 11) is -5.74. The highest BCUT2D eigenvalue weighted by Gasteiger charge is 2.48. The van der Waals surface area contributed by atoms with Gasteiger partial charge in [0.1, 0.15) is 5.75 Å². The molecule has 1 N–H and O–H groups in total. The summed E-state index contributed by atoms with van der Waals surface area (Å²) in [6, 6.07) is 4.96. The average molecular weight is 326 g/mol. The van der Waals surface area contributed by atoms with Gasteiger partial charge < -0.3 is 9.29 Å². The minimum atomic E-state index is -5.74. The van der Waals surface area contributed by atoms with Crippen molar-refractivity contribution in [2.24, 2.45) is 0 Å². The van der Waals surface area contributed by atoms with Crippen molar-refractivity contribution in [1.29, 1.82) is 0 Å². The largest absolute Gasteiger partial charge is 0.534 e. The zero-order valence-corrected chi connectivity index (χ0v) is 11.7. The highest BCUT2D eigenvalue weighted by Crippen LogP contribution is 2.30. The first-order valence-electron chi connectivity index (χ1n) is 5.89. The van der Waals surface area contributed by atoms with Crippen molar-refractivity contribution >= 4 is 16.1 Å². The Kier molecular flexibility index (Phi) is 5.21. The van der Waals surface area contributed by atoms with Crippen LogP contribution in [0.3, 0.4) is 0 Å². The first kappa shape index (κ1) is 17.3. The van der Waals surface area contributed by atoms with Gasteiger partial charge in [0, 0.05) is 0 Å². The lowest BCUT2D eigenvalue weighted by Crippen LogP contribution is -2.28. The third kappa shape index (κ3) is 4.62. The Balaban J connectivity index is 3.03. The van der Waals surface area contributed by atoms with Crippen LogP contribution < -0.4 is 4.18 Å². The van der Waals surface area contributed by atoms with Crippen molar-refractivity contribution in [1.82, 2.24) is 0 Å². The molecule has 1 rings (SSSR count). The molecule has 0 bridgehead atoms. The van der Waals surface area contributed by atoms with Gasteiger partial charge in [0.15, 0.2) is 0 Å². The molecule has 0 saturated carbocycles. The number of carboxylic acid groups (broad SMARTS) is 1. The van der Waals surface area contributed by atoms with E-state index in [4.69, 9.17) is 5.11 Å². The quantitative estimate of drug-likeness (QED) is 0.642. The molecule has 1 aromatic carbocycles. The van der Waals surface area contributed by atoms with Crippen molar-refractivity contribution in [2.45, 2.75) is 31.2 Å². The van der Waals surface area contributed by atoms with E-state index in [0.29, 0.717) is 12.0 Å². The highest BCUT2D eigenvalue weighted by atomic mass is 32.2. The van der Waals surface area contributed by atoms with Crippen molar-refractivity contribution in [3.8, 4) is 5.75 Å². The Labute approximate surface area is 119 Å². The summed E-state index contributed by atoms with van der Waals surface area (Å²) in [5.74, 6) is -2.01. The molecule has 118 valence electrons. The summed E-state index contributed by atoms with van der Waals surface area (Å²) in [5.41, 5.74) is -5.12. The maximum Gasteiger partial charge on any atom is 0.534 e. The number of rotatable bonds is 6. The van der Waals surface area contributed by atoms with E-state index in [1.54, 1.807) is 6.92 Å². The first-order valence-corrected chi connectivity index (χ1v) is 7.30. The topological polar surface area (TPSA) is 80.7 Å². The van der Waals surface area contributed by atoms with Gasteiger partial charge in [-0.15, -0.1) is 0 Å². The zero-order chi connectivity index (χ0) is 16.3. The van der Waals surface area contributed by atoms with E-state index >= 15 is 0 Å². The van der Waals surface area contributed by atoms with E-state index in [1.807, 2.05) is 0 Å². The van der Waals surface area contributed by atoms with Crippen LogP contribution in [0, 0.1) is 0 Å². The predicted octanol–water partition coefficient (Wildman–Crippen LogP) is 2.88. The second-order valence-corrected chi connectivity index (χ2v) is 5.80. The molecular formula is C12H13F3O5S. The monoisotopic (exact) mass is 326 g/mol. The Hall–Kier alpha value is -1.77. The van der Waals surface area contributed by atoms with Gasteiger partial charge in [0.25, 0.3) is 0 Å². The lowest BCUT2D eigenvalue weighted by molar-refractivity contribution is -0.137. The van der Waals surface area contributed by atoms with Gasteiger partial charge in [0.05, 0.1) is 6.42 Å². The Bertz CT molecular complexity index is 610. The summed E-state index contributed by atoms with van der Waals surface area (Å²) in [4.78, 5) is 10.7. The van der Waals surface area contributed by atoms with Crippen LogP contribution in [0.15, 0.2) is 24.3 Å². The van der Waals surface area contributed by atoms with E-state index in [9.17, 15) is 26.4 Å². The third-order valence-electron chi connectivity index (χ3n) is 2.73. The summed E-state index contributed by atoms with van der Waals surface area (Å²) >= 11 is 0. The fourth-order valence-electron chi connectivity index (χ4n) is 1.70. The normalized spacial score (nSPS) is 13.7. The molecular weight excluding hydrogens is 313 g/mol. The molecule has 0 heterocycles. The molecule has 9 heteroatoms. The fraction of sp³-hybridized carbons (Fsp3) is 0.417. The number of carboxylic acids is 1. The molecule has 0 amide bonds. The number of hydrogen-bond acceptors (Lipinski definition) is 4. The molecule has 0 fully saturated rings. The van der Waals surface area contributed by atoms with Gasteiger partial charge in [-0.05, 0) is 30.0 Å². The smallest absolute Gasteiger partial charge is 0.481 e. The van der Waals surface area contributed by atoms with Gasteiger partial charge in [-0.3, -0.25) is 4.79 Å². The maximum atomic E-state index is 12.2. The van der Waals surface area contributed by atoms with Crippen LogP contribution in [0.25, 0.3) is 0 Å². The number of halogens is 3. The lowest BCUT2D eigenvalue weighted by Gasteiger charge is -2.15. The van der Waals surface area contributed by atoms with E-state index < -0.39 is 33.3 Å². The molecule has 5 nitrogen and oxygen atoms in total. The molecule has 0 aliphatic carbocycles. The number of carbonyl (C=O) groups is 1. The van der Waals surface area contributed by atoms with Crippen LogP contribution in [0.2, 0.25) is 0 Å². The van der Waals surface area contributed by atoms with Crippen LogP contribution in [0.5, 0.6) is 5.75 Å². The number of benzene rings is 1. The molecule has 0 radical (unpaired) electrons. The van der Waals surface area contributed by atoms with Gasteiger partial charge >= 0.3 is 21.6 Å². The minimum Gasteiger partial charge on any atom is -0.481 e. The molecule has 1 aromatic rings. The van der Waals surface area contributed by atoms with Crippen LogP contribution in [0.4, 0.5) is 13.2 Å². The lowest BCUT2D eigenvalue weighted by atomic mass is 9.93. The first-order chi connectivity index (χ1) is 9.56. The van der Waals surface area contributed by atoms with Crippen molar-refractivity contribution in [2.75, 3.05) is 0 Å². The molecule has 1 atom stereocenters. The van der Waals surface area contributed by atoms with Crippen LogP contribution in [-0.4, -0.2) is 25.0 Å². The minimum absolute atomic E-state index is 0.216. The molecule has 0 spiro atoms. The zero-order valence-electron chi connectivity index (χ0n) is 10.9. The van der Waals surface area contributed by atoms with Crippen LogP contribution >= 0.6 is 0 Å². The summed E-state index contributed by atoms with van der Waals surface area (Å²) in [5, 5.41) is 8.76. The number of hydrogen-bond donors (Lipinski definition) is 1. The summed E-state index contributed by atoms with van der Waals surface area (Å²) < 4.78 is 62.5. The molecule has 0 aliphatic rings. The van der Waals surface area contributed by atoms with Crippen LogP contribution in [0.1, 0.15) is 31.2 Å². The van der Waals surface area contributed by atoms with Crippen molar-refractivity contribution < 1.29 is 35.7 Å². The standard InChI is InChI=1S/C12H13F3O5S/c1-2-8(7-11(16)17)9-4-3-5-10(6-9)20-21(18,19)12(13,14)15/h3-6,8H,2,7H2,1H3,(H,16,17). The Morgan fingerprint density at radius 3 is 2.48 bits per heavy atom. The molecule has 0 aliphatic heterocycles. The molecule has 21 heavy (non-hydrogen) atoms. The fourth-order valence-corrected chi connectivity index (χ4v) is 2.15. The third-order valence-corrected chi connectivity index (χ3v) is 3.71. The molecule has 0 aromatic heterocycles. The van der Waals surface area contributed by atoms with Crippen molar-refractivity contribution in [3.63, 3.8) is 0 Å². The Morgan fingerprint density at radius 1 is 1.38 bits per heavy atom. The van der Waals surface area contributed by atoms with Gasteiger partial charge in [-0.2, -0.15) is 21.6 Å². The molecule has 1 unspecified atom stereocenters. The maximum absolute atomic E-state index is 12.2. The number of alkyl halides is 3. The van der Waals surface area contributed by atoms with Crippen LogP contribution in [-0.2, 0) is 14.9 Å². The Morgan fingerprint density at radius 2 is 2.00 bits per heavy atom. The predicted molar refractivity (Wildman–Crippen MR) is 67.3 cm³/mol. The van der Waals surface area contributed by atoms with Crippen molar-refractivity contribution in [3.05, 3.63) is 29.8 Å². The van der Waals surface area contributed by atoms with E-state index in [-0.39, 0.29) is 6.42 Å². The number of aliphatic carboxylic acids is 1. The van der Waals surface area contributed by atoms with Gasteiger partial charge in [-0.1, -0.05) is 19.1 Å².